The molecule has 2 heterocycles. The standard InChI is InChI=1S/C26H34Cl2N6O6S2.C25H41N3O8S2/c1-2-38-19(35)15-26(9-4-3-5-10-26)16-30-24(36)39-11-13-41-42-14-12-40-25(37)32-23-31-22(29)21(33-34-23)17-7-6-8-18(27)20(17)28;1-3-19(28-12-8-9-20(28)29)22(31)27-24(33)36-14-16-38-37-15-13-35-23(32)26-18-25(10-6-5-7-11-25)17-21(30)34-4-2/h6-8H,2-5,9-16H2,1H3,(H,30,36)(H3,29,31,32,34,37);19H,3-18H2,1-2H3,(H,26,32)(H,27,31,33)/t;19-/m.0/s1. The summed E-state index contributed by atoms with van der Waals surface area (Å²) in [5, 5.41) is 18.7. The number of nitrogens with zero attached hydrogens (tertiary/aromatic N) is 4. The van der Waals surface area contributed by atoms with Crippen molar-refractivity contribution in [2.45, 2.75) is 123 Å². The lowest BCUT2D eigenvalue weighted by atomic mass is 9.71. The van der Waals surface area contributed by atoms with Gasteiger partial charge in [0.15, 0.2) is 5.82 Å². The molecule has 80 heavy (non-hydrogen) atoms. The minimum Gasteiger partial charge on any atom is -0.466 e. The number of imide groups is 1. The highest BCUT2D eigenvalue weighted by Crippen LogP contribution is 2.41. The van der Waals surface area contributed by atoms with Crippen LogP contribution in [0.2, 0.25) is 10.0 Å². The molecule has 0 bridgehead atoms. The molecule has 1 aromatic heterocycles. The Bertz CT molecular complexity index is 2340. The van der Waals surface area contributed by atoms with Crippen molar-refractivity contribution < 1.29 is 66.8 Å². The van der Waals surface area contributed by atoms with Gasteiger partial charge in [0.25, 0.3) is 11.9 Å². The van der Waals surface area contributed by atoms with Gasteiger partial charge in [-0.15, -0.1) is 10.2 Å². The largest absolute Gasteiger partial charge is 0.466 e. The number of benzene rings is 1. The lowest BCUT2D eigenvalue weighted by molar-refractivity contribution is -0.147. The average molecular weight is 1240 g/mol. The first-order chi connectivity index (χ1) is 38.5. The number of carbonyl (C=O) groups excluding carboxylic acids is 8. The zero-order valence-electron chi connectivity index (χ0n) is 45.6. The SMILES string of the molecule is CCOC(=O)CC1(CNC(=O)OCCSSCCOC(=O)NC(=O)[C@H](CC)N2CCCC2=O)CCCCC1.CCOC(=O)CC1(CNC(=O)OCCSSCCOC(=O)Nc2nnc(-c3cccc(Cl)c3Cl)c(N)n2)CCCCC1. The number of nitrogens with two attached hydrogens (primary N) is 1. The molecule has 1 aliphatic heterocycles. The van der Waals surface area contributed by atoms with E-state index in [2.05, 4.69) is 36.4 Å². The molecule has 5 rings (SSSR count). The maximum atomic E-state index is 12.3. The van der Waals surface area contributed by atoms with Crippen LogP contribution >= 0.6 is 66.4 Å². The summed E-state index contributed by atoms with van der Waals surface area (Å²) >= 11 is 12.2. The van der Waals surface area contributed by atoms with E-state index < -0.39 is 36.3 Å². The fraction of sp³-hybridized carbons (Fsp3) is 0.667. The summed E-state index contributed by atoms with van der Waals surface area (Å²) < 4.78 is 30.9. The van der Waals surface area contributed by atoms with Crippen LogP contribution in [0, 0.1) is 10.8 Å². The van der Waals surface area contributed by atoms with Crippen molar-refractivity contribution in [3.05, 3.63) is 28.2 Å². The lowest BCUT2D eigenvalue weighted by Crippen LogP contribution is -2.48. The molecular weight excluding hydrogens is 1160 g/mol. The van der Waals surface area contributed by atoms with Crippen molar-refractivity contribution >= 4 is 126 Å². The normalized spacial score (nSPS) is 15.7. The summed E-state index contributed by atoms with van der Waals surface area (Å²) in [7, 11) is 5.88. The van der Waals surface area contributed by atoms with E-state index in [-0.39, 0.29) is 77.6 Å². The highest BCUT2D eigenvalue weighted by molar-refractivity contribution is 8.77. The number of likely N-dealkylation sites (tertiary alicyclic amines) is 1. The Morgan fingerprint density at radius 1 is 0.662 bits per heavy atom. The molecule has 2 saturated carbocycles. The van der Waals surface area contributed by atoms with E-state index in [1.54, 1.807) is 39.0 Å². The minimum atomic E-state index is -0.829. The molecule has 6 N–H and O–H groups in total. The Morgan fingerprint density at radius 2 is 1.15 bits per heavy atom. The summed E-state index contributed by atoms with van der Waals surface area (Å²) in [5.41, 5.74) is 6.12. The molecule has 1 atom stereocenters. The fourth-order valence-corrected chi connectivity index (χ4v) is 12.9. The fourth-order valence-electron chi connectivity index (χ4n) is 9.17. The molecule has 2 aromatic rings. The molecule has 446 valence electrons. The Morgan fingerprint density at radius 3 is 1.60 bits per heavy atom. The van der Waals surface area contributed by atoms with Gasteiger partial charge in [0.1, 0.15) is 38.2 Å². The van der Waals surface area contributed by atoms with Gasteiger partial charge in [-0.25, -0.2) is 19.2 Å². The van der Waals surface area contributed by atoms with Crippen LogP contribution in [0.4, 0.5) is 30.9 Å². The zero-order valence-corrected chi connectivity index (χ0v) is 50.4. The van der Waals surface area contributed by atoms with Crippen molar-refractivity contribution in [3.63, 3.8) is 0 Å². The topological polar surface area (TPSA) is 308 Å². The van der Waals surface area contributed by atoms with Gasteiger partial charge in [0.05, 0.1) is 36.1 Å². The maximum absolute atomic E-state index is 12.3. The highest BCUT2D eigenvalue weighted by atomic mass is 35.5. The van der Waals surface area contributed by atoms with Crippen LogP contribution in [0.5, 0.6) is 0 Å². The van der Waals surface area contributed by atoms with E-state index in [0.29, 0.717) is 92.1 Å². The molecule has 29 heteroatoms. The van der Waals surface area contributed by atoms with E-state index >= 15 is 0 Å². The second-order valence-corrected chi connectivity index (χ2v) is 25.0. The number of halogens is 2. The van der Waals surface area contributed by atoms with Crippen LogP contribution in [0.3, 0.4) is 0 Å². The third kappa shape index (κ3) is 24.7. The summed E-state index contributed by atoms with van der Waals surface area (Å²) in [6.45, 7) is 8.04. The molecule has 0 unspecified atom stereocenters. The first-order valence-corrected chi connectivity index (χ1v) is 32.5. The Balaban J connectivity index is 0.000000346. The van der Waals surface area contributed by atoms with Gasteiger partial charge < -0.3 is 49.7 Å². The average Bonchev–Trinajstić information content (AvgIpc) is 3.88. The van der Waals surface area contributed by atoms with Gasteiger partial charge in [-0.05, 0) is 69.3 Å². The number of nitrogens with one attached hydrogen (secondary N) is 4. The Labute approximate surface area is 493 Å². The maximum Gasteiger partial charge on any atom is 0.414 e. The number of hydrogen-bond acceptors (Lipinski definition) is 22. The van der Waals surface area contributed by atoms with E-state index in [4.69, 9.17) is 57.4 Å². The third-order valence-corrected chi connectivity index (χ3v) is 18.5. The molecule has 3 fully saturated rings. The van der Waals surface area contributed by atoms with E-state index in [1.807, 2.05) is 0 Å². The van der Waals surface area contributed by atoms with Gasteiger partial charge in [-0.3, -0.25) is 29.8 Å². The van der Waals surface area contributed by atoms with Gasteiger partial charge in [0, 0.05) is 54.6 Å². The van der Waals surface area contributed by atoms with Crippen LogP contribution < -0.4 is 27.0 Å². The molecule has 1 saturated heterocycles. The van der Waals surface area contributed by atoms with Crippen LogP contribution in [-0.2, 0) is 47.6 Å². The number of rotatable bonds is 29. The van der Waals surface area contributed by atoms with Crippen LogP contribution in [-0.4, -0.2) is 157 Å². The molecule has 23 nitrogen and oxygen atoms in total. The smallest absolute Gasteiger partial charge is 0.414 e. The number of ether oxygens (including phenoxy) is 6. The molecule has 3 aliphatic rings. The molecule has 6 amide bonds. The number of hydrogen-bond donors (Lipinski definition) is 5. The second kappa shape index (κ2) is 37.3. The zero-order chi connectivity index (χ0) is 58.2. The number of amides is 6. The number of carbonyl (C=O) groups is 8. The predicted molar refractivity (Wildman–Crippen MR) is 311 cm³/mol. The van der Waals surface area contributed by atoms with Crippen molar-refractivity contribution in [1.82, 2.24) is 36.0 Å². The first-order valence-electron chi connectivity index (χ1n) is 26.8. The quantitative estimate of drug-likeness (QED) is 0.0219. The number of alkyl carbamates (subject to hydrolysis) is 3. The minimum absolute atomic E-state index is 0.0116. The van der Waals surface area contributed by atoms with Crippen molar-refractivity contribution in [3.8, 4) is 11.3 Å². The number of esters is 2. The van der Waals surface area contributed by atoms with Crippen molar-refractivity contribution in [1.29, 1.82) is 0 Å². The van der Waals surface area contributed by atoms with Gasteiger partial charge in [0.2, 0.25) is 5.91 Å². The summed E-state index contributed by atoms with van der Waals surface area (Å²) in [4.78, 5) is 102. The Hall–Kier alpha value is -4.83. The molecule has 0 spiro atoms. The summed E-state index contributed by atoms with van der Waals surface area (Å²) in [6, 6.07) is 4.34. The van der Waals surface area contributed by atoms with Crippen LogP contribution in [0.25, 0.3) is 11.3 Å². The van der Waals surface area contributed by atoms with Crippen molar-refractivity contribution in [2.75, 3.05) is 93.3 Å². The lowest BCUT2D eigenvalue weighted by Gasteiger charge is -2.36. The van der Waals surface area contributed by atoms with E-state index in [1.165, 1.54) is 48.1 Å². The van der Waals surface area contributed by atoms with Crippen molar-refractivity contribution in [2.24, 2.45) is 10.8 Å². The molecule has 2 aliphatic carbocycles. The monoisotopic (exact) mass is 1240 g/mol. The van der Waals surface area contributed by atoms with Gasteiger partial charge in [-0.1, -0.05) is 124 Å². The van der Waals surface area contributed by atoms with Gasteiger partial charge >= 0.3 is 36.3 Å². The molecular formula is C51H75Cl2N9O14S4. The van der Waals surface area contributed by atoms with E-state index in [9.17, 15) is 38.4 Å². The van der Waals surface area contributed by atoms with Crippen LogP contribution in [0.1, 0.15) is 117 Å². The predicted octanol–water partition coefficient (Wildman–Crippen LogP) is 9.64. The molecule has 0 radical (unpaired) electrons. The summed E-state index contributed by atoms with van der Waals surface area (Å²) in [5.74, 6) is 0.954. The first kappa shape index (κ1) is 67.7. The summed E-state index contributed by atoms with van der Waals surface area (Å²) in [6.07, 6.45) is 9.49. The second-order valence-electron chi connectivity index (χ2n) is 18.8. The highest BCUT2D eigenvalue weighted by Gasteiger charge is 2.37. The van der Waals surface area contributed by atoms with Gasteiger partial charge in [-0.2, -0.15) is 4.98 Å². The molecule has 1 aromatic carbocycles. The Kier molecular flexibility index (Phi) is 31.6. The third-order valence-electron chi connectivity index (χ3n) is 13.0. The number of nitrogen functional groups attached to an aromatic ring is 1. The number of aromatic nitrogens is 3. The van der Waals surface area contributed by atoms with Crippen LogP contribution in [0.15, 0.2) is 18.2 Å². The number of anilines is 2. The van der Waals surface area contributed by atoms with E-state index in [0.717, 1.165) is 70.6 Å².